The third-order valence-electron chi connectivity index (χ3n) is 3.72. The van der Waals surface area contributed by atoms with Gasteiger partial charge in [0, 0.05) is 31.5 Å². The summed E-state index contributed by atoms with van der Waals surface area (Å²) in [6.45, 7) is 9.31. The molecular weight excluding hydrogens is 210 g/mol. The third kappa shape index (κ3) is 3.58. The van der Waals surface area contributed by atoms with Crippen LogP contribution in [0.15, 0.2) is 18.5 Å². The van der Waals surface area contributed by atoms with Crippen molar-refractivity contribution in [3.8, 4) is 0 Å². The lowest BCUT2D eigenvalue weighted by atomic mass is 10.0. The van der Waals surface area contributed by atoms with Gasteiger partial charge in [0.1, 0.15) is 0 Å². The molecule has 1 unspecified atom stereocenters. The number of hydrogen-bond donors (Lipinski definition) is 2. The number of aromatic amines is 1. The van der Waals surface area contributed by atoms with E-state index in [2.05, 4.69) is 41.3 Å². The molecule has 0 radical (unpaired) electrons. The molecule has 0 aromatic carbocycles. The van der Waals surface area contributed by atoms with E-state index in [4.69, 9.17) is 0 Å². The zero-order valence-electron chi connectivity index (χ0n) is 11.1. The maximum Gasteiger partial charge on any atom is 0.0243 e. The van der Waals surface area contributed by atoms with E-state index in [1.165, 1.54) is 31.5 Å². The van der Waals surface area contributed by atoms with E-state index in [0.717, 1.165) is 19.0 Å². The molecule has 1 aromatic heterocycles. The van der Waals surface area contributed by atoms with Gasteiger partial charge in [-0.1, -0.05) is 13.8 Å². The molecule has 1 fully saturated rings. The maximum atomic E-state index is 3.58. The van der Waals surface area contributed by atoms with Crippen LogP contribution in [0.5, 0.6) is 0 Å². The zero-order valence-corrected chi connectivity index (χ0v) is 11.1. The predicted octanol–water partition coefficient (Wildman–Crippen LogP) is 2.22. The number of nitrogens with one attached hydrogen (secondary N) is 2. The summed E-state index contributed by atoms with van der Waals surface area (Å²) in [6, 6.07) is 2.82. The molecular formula is C14H25N3. The minimum atomic E-state index is 0.691. The Kier molecular flexibility index (Phi) is 4.63. The highest BCUT2D eigenvalue weighted by atomic mass is 15.2. The van der Waals surface area contributed by atoms with Crippen molar-refractivity contribution in [3.05, 3.63) is 24.0 Å². The van der Waals surface area contributed by atoms with Gasteiger partial charge in [-0.3, -0.25) is 4.90 Å². The van der Waals surface area contributed by atoms with Crippen LogP contribution >= 0.6 is 0 Å². The molecule has 2 N–H and O–H groups in total. The Balaban J connectivity index is 1.77. The molecule has 1 saturated heterocycles. The number of hydrogen-bond acceptors (Lipinski definition) is 2. The minimum Gasteiger partial charge on any atom is -0.367 e. The van der Waals surface area contributed by atoms with E-state index in [0.29, 0.717) is 6.04 Å². The first-order chi connectivity index (χ1) is 8.27. The van der Waals surface area contributed by atoms with E-state index in [1.807, 2.05) is 6.20 Å². The molecule has 0 bridgehead atoms. The highest BCUT2D eigenvalue weighted by molar-refractivity contribution is 5.07. The van der Waals surface area contributed by atoms with Crippen LogP contribution in [0.2, 0.25) is 0 Å². The maximum absolute atomic E-state index is 3.58. The molecule has 17 heavy (non-hydrogen) atoms. The Morgan fingerprint density at radius 2 is 2.12 bits per heavy atom. The molecule has 1 aliphatic rings. The Labute approximate surface area is 105 Å². The lowest BCUT2D eigenvalue weighted by Crippen LogP contribution is -2.44. The van der Waals surface area contributed by atoms with Crippen molar-refractivity contribution in [1.82, 2.24) is 15.2 Å². The van der Waals surface area contributed by atoms with Crippen LogP contribution in [0.4, 0.5) is 0 Å². The van der Waals surface area contributed by atoms with Gasteiger partial charge in [-0.2, -0.15) is 0 Å². The van der Waals surface area contributed by atoms with Crippen molar-refractivity contribution >= 4 is 0 Å². The van der Waals surface area contributed by atoms with Crippen molar-refractivity contribution in [1.29, 1.82) is 0 Å². The van der Waals surface area contributed by atoms with Gasteiger partial charge in [-0.05, 0) is 43.5 Å². The smallest absolute Gasteiger partial charge is 0.0243 e. The molecule has 0 saturated carbocycles. The Bertz CT molecular complexity index is 299. The highest BCUT2D eigenvalue weighted by Gasteiger charge is 2.23. The topological polar surface area (TPSA) is 31.1 Å². The van der Waals surface area contributed by atoms with E-state index in [1.54, 1.807) is 0 Å². The van der Waals surface area contributed by atoms with Crippen LogP contribution in [0.3, 0.4) is 0 Å². The third-order valence-corrected chi connectivity index (χ3v) is 3.72. The molecule has 0 amide bonds. The average Bonchev–Trinajstić information content (AvgIpc) is 2.96. The zero-order chi connectivity index (χ0) is 12.1. The summed E-state index contributed by atoms with van der Waals surface area (Å²) in [5.41, 5.74) is 1.34. The monoisotopic (exact) mass is 235 g/mol. The summed E-state index contributed by atoms with van der Waals surface area (Å²) in [5.74, 6) is 0.729. The van der Waals surface area contributed by atoms with Crippen LogP contribution < -0.4 is 5.32 Å². The summed E-state index contributed by atoms with van der Waals surface area (Å²) < 4.78 is 0. The Morgan fingerprint density at radius 3 is 2.71 bits per heavy atom. The highest BCUT2D eigenvalue weighted by Crippen LogP contribution is 2.17. The van der Waals surface area contributed by atoms with Gasteiger partial charge >= 0.3 is 0 Å². The fraction of sp³-hybridized carbons (Fsp3) is 0.714. The number of nitrogens with zero attached hydrogens (tertiary/aromatic N) is 1. The number of H-pyrrole nitrogens is 1. The van der Waals surface area contributed by atoms with Crippen molar-refractivity contribution in [2.45, 2.75) is 39.3 Å². The second-order valence-corrected chi connectivity index (χ2v) is 5.40. The average molecular weight is 235 g/mol. The first-order valence-corrected chi connectivity index (χ1v) is 6.84. The van der Waals surface area contributed by atoms with Crippen LogP contribution in [0.1, 0.15) is 32.3 Å². The summed E-state index contributed by atoms with van der Waals surface area (Å²) in [6.07, 6.45) is 6.80. The lowest BCUT2D eigenvalue weighted by Gasteiger charge is -2.31. The molecule has 1 atom stereocenters. The molecule has 96 valence electrons. The molecule has 2 heterocycles. The van der Waals surface area contributed by atoms with Crippen LogP contribution in [0.25, 0.3) is 0 Å². The van der Waals surface area contributed by atoms with Gasteiger partial charge in [-0.15, -0.1) is 0 Å². The standard InChI is InChI=1S/C14H25N3/c1-12(2)14(17-7-3-4-8-17)11-16-10-13-5-6-15-9-13/h5-6,9,12,14-16H,3-4,7-8,10-11H2,1-2H3. The second kappa shape index (κ2) is 6.22. The summed E-state index contributed by atoms with van der Waals surface area (Å²) in [7, 11) is 0. The summed E-state index contributed by atoms with van der Waals surface area (Å²) in [5, 5.41) is 3.58. The summed E-state index contributed by atoms with van der Waals surface area (Å²) >= 11 is 0. The van der Waals surface area contributed by atoms with Gasteiger partial charge in [0.25, 0.3) is 0 Å². The van der Waals surface area contributed by atoms with Crippen molar-refractivity contribution in [2.24, 2.45) is 5.92 Å². The number of aromatic nitrogens is 1. The van der Waals surface area contributed by atoms with Gasteiger partial charge in [0.2, 0.25) is 0 Å². The van der Waals surface area contributed by atoms with Crippen molar-refractivity contribution in [3.63, 3.8) is 0 Å². The second-order valence-electron chi connectivity index (χ2n) is 5.40. The van der Waals surface area contributed by atoms with E-state index in [-0.39, 0.29) is 0 Å². The minimum absolute atomic E-state index is 0.691. The first kappa shape index (κ1) is 12.7. The Morgan fingerprint density at radius 1 is 1.35 bits per heavy atom. The number of likely N-dealkylation sites (tertiary alicyclic amines) is 1. The fourth-order valence-electron chi connectivity index (χ4n) is 2.69. The van der Waals surface area contributed by atoms with E-state index < -0.39 is 0 Å². The molecule has 3 nitrogen and oxygen atoms in total. The SMILES string of the molecule is CC(C)C(CNCc1cc[nH]c1)N1CCCC1. The fourth-order valence-corrected chi connectivity index (χ4v) is 2.69. The van der Waals surface area contributed by atoms with E-state index in [9.17, 15) is 0 Å². The molecule has 0 aliphatic carbocycles. The summed E-state index contributed by atoms with van der Waals surface area (Å²) in [4.78, 5) is 5.74. The van der Waals surface area contributed by atoms with Gasteiger partial charge in [-0.25, -0.2) is 0 Å². The molecule has 0 spiro atoms. The molecule has 3 heteroatoms. The van der Waals surface area contributed by atoms with Gasteiger partial charge < -0.3 is 10.3 Å². The number of rotatable bonds is 6. The molecule has 1 aromatic rings. The largest absolute Gasteiger partial charge is 0.367 e. The first-order valence-electron chi connectivity index (χ1n) is 6.84. The van der Waals surface area contributed by atoms with Gasteiger partial charge in [0.15, 0.2) is 0 Å². The normalized spacial score (nSPS) is 19.0. The lowest BCUT2D eigenvalue weighted by molar-refractivity contribution is 0.186. The quantitative estimate of drug-likeness (QED) is 0.792. The van der Waals surface area contributed by atoms with Crippen LogP contribution in [0, 0.1) is 5.92 Å². The van der Waals surface area contributed by atoms with Crippen molar-refractivity contribution < 1.29 is 0 Å². The van der Waals surface area contributed by atoms with Crippen LogP contribution in [-0.4, -0.2) is 35.6 Å². The molecule has 1 aliphatic heterocycles. The Hall–Kier alpha value is -0.800. The van der Waals surface area contributed by atoms with Crippen molar-refractivity contribution in [2.75, 3.05) is 19.6 Å². The predicted molar refractivity (Wildman–Crippen MR) is 71.9 cm³/mol. The van der Waals surface area contributed by atoms with Gasteiger partial charge in [0.05, 0.1) is 0 Å². The molecule has 2 rings (SSSR count). The van der Waals surface area contributed by atoms with Crippen LogP contribution in [-0.2, 0) is 6.54 Å². The van der Waals surface area contributed by atoms with E-state index >= 15 is 0 Å².